The van der Waals surface area contributed by atoms with Gasteiger partial charge in [-0.15, -0.1) is 0 Å². The fourth-order valence-electron chi connectivity index (χ4n) is 3.61. The number of nitrogens with zero attached hydrogens (tertiary/aromatic N) is 1. The second-order valence-electron chi connectivity index (χ2n) is 8.24. The molecule has 0 aromatic heterocycles. The lowest BCUT2D eigenvalue weighted by molar-refractivity contribution is 0.00765. The summed E-state index contributed by atoms with van der Waals surface area (Å²) in [5.74, 6) is 0.367. The number of hydrogen-bond acceptors (Lipinski definition) is 4. The van der Waals surface area contributed by atoms with Crippen LogP contribution in [-0.4, -0.2) is 23.1 Å². The summed E-state index contributed by atoms with van der Waals surface area (Å²) in [7, 11) is 0. The molecule has 2 unspecified atom stereocenters. The number of carbonyl (C=O) groups is 1. The molecule has 2 aromatic carbocycles. The second kappa shape index (κ2) is 7.51. The highest BCUT2D eigenvalue weighted by molar-refractivity contribution is 5.69. The minimum absolute atomic E-state index is 0.0447. The molecule has 5 heteroatoms. The van der Waals surface area contributed by atoms with E-state index in [1.165, 1.54) is 5.56 Å². The first-order valence-corrected chi connectivity index (χ1v) is 9.43. The molecule has 4 N–H and O–H groups in total. The maximum Gasteiger partial charge on any atom is 0.410 e. The van der Waals surface area contributed by atoms with E-state index in [0.29, 0.717) is 18.2 Å². The topological polar surface area (TPSA) is 81.6 Å². The van der Waals surface area contributed by atoms with E-state index in [1.54, 1.807) is 0 Å². The molecule has 2 aromatic rings. The maximum absolute atomic E-state index is 12.8. The van der Waals surface area contributed by atoms with Crippen molar-refractivity contribution in [2.45, 2.75) is 51.2 Å². The van der Waals surface area contributed by atoms with Gasteiger partial charge in [0.2, 0.25) is 0 Å². The van der Waals surface area contributed by atoms with Crippen molar-refractivity contribution in [3.05, 3.63) is 59.7 Å². The number of nitrogens with two attached hydrogens (primary N) is 2. The fraction of sp³-hybridized carbons (Fsp3) is 0.409. The molecule has 1 aliphatic rings. The van der Waals surface area contributed by atoms with Crippen LogP contribution in [0, 0.1) is 0 Å². The Morgan fingerprint density at radius 1 is 0.963 bits per heavy atom. The number of rotatable bonds is 2. The normalized spacial score (nSPS) is 20.3. The summed E-state index contributed by atoms with van der Waals surface area (Å²) in [6.45, 7) is 6.33. The lowest BCUT2D eigenvalue weighted by Crippen LogP contribution is -2.43. The number of nitrogen functional groups attached to an aromatic ring is 2. The van der Waals surface area contributed by atoms with E-state index in [2.05, 4.69) is 12.1 Å². The molecule has 0 bridgehead atoms. The molecule has 0 aliphatic carbocycles. The minimum Gasteiger partial charge on any atom is -0.444 e. The van der Waals surface area contributed by atoms with Crippen LogP contribution in [0.25, 0.3) is 0 Å². The predicted octanol–water partition coefficient (Wildman–Crippen LogP) is 4.71. The number of anilines is 2. The SMILES string of the molecule is CC(C)(C)OC(=O)N1CCC(c2ccc(N)cc2)CC1c1ccc(N)cc1. The lowest BCUT2D eigenvalue weighted by Gasteiger charge is -2.40. The third-order valence-corrected chi connectivity index (χ3v) is 4.96. The number of likely N-dealkylation sites (tertiary alicyclic amines) is 1. The highest BCUT2D eigenvalue weighted by Crippen LogP contribution is 2.40. The van der Waals surface area contributed by atoms with Gasteiger partial charge in [0.05, 0.1) is 6.04 Å². The van der Waals surface area contributed by atoms with Gasteiger partial charge in [-0.05, 0) is 74.9 Å². The van der Waals surface area contributed by atoms with E-state index in [0.717, 1.165) is 24.1 Å². The zero-order valence-electron chi connectivity index (χ0n) is 16.3. The highest BCUT2D eigenvalue weighted by atomic mass is 16.6. The molecule has 27 heavy (non-hydrogen) atoms. The quantitative estimate of drug-likeness (QED) is 0.753. The first-order valence-electron chi connectivity index (χ1n) is 9.43. The largest absolute Gasteiger partial charge is 0.444 e. The molecular weight excluding hydrogens is 338 g/mol. The van der Waals surface area contributed by atoms with Crippen LogP contribution in [0.5, 0.6) is 0 Å². The van der Waals surface area contributed by atoms with Crippen LogP contribution < -0.4 is 11.5 Å². The van der Waals surface area contributed by atoms with Gasteiger partial charge in [-0.2, -0.15) is 0 Å². The van der Waals surface area contributed by atoms with E-state index in [9.17, 15) is 4.79 Å². The van der Waals surface area contributed by atoms with Crippen molar-refractivity contribution in [2.75, 3.05) is 18.0 Å². The molecule has 1 aliphatic heterocycles. The van der Waals surface area contributed by atoms with Crippen LogP contribution in [0.2, 0.25) is 0 Å². The Morgan fingerprint density at radius 3 is 2.00 bits per heavy atom. The van der Waals surface area contributed by atoms with Gasteiger partial charge in [0.25, 0.3) is 0 Å². The minimum atomic E-state index is -0.517. The molecule has 1 amide bonds. The number of carbonyl (C=O) groups excluding carboxylic acids is 1. The number of benzene rings is 2. The molecule has 2 atom stereocenters. The van der Waals surface area contributed by atoms with Crippen molar-refractivity contribution in [3.63, 3.8) is 0 Å². The average molecular weight is 367 g/mol. The Labute approximate surface area is 161 Å². The zero-order valence-corrected chi connectivity index (χ0v) is 16.3. The summed E-state index contributed by atoms with van der Waals surface area (Å²) in [4.78, 5) is 14.7. The summed E-state index contributed by atoms with van der Waals surface area (Å²) < 4.78 is 5.66. The van der Waals surface area contributed by atoms with E-state index in [4.69, 9.17) is 16.2 Å². The van der Waals surface area contributed by atoms with Gasteiger partial charge < -0.3 is 21.1 Å². The van der Waals surface area contributed by atoms with Crippen molar-refractivity contribution in [2.24, 2.45) is 0 Å². The van der Waals surface area contributed by atoms with Gasteiger partial charge in [0, 0.05) is 17.9 Å². The van der Waals surface area contributed by atoms with E-state index >= 15 is 0 Å². The van der Waals surface area contributed by atoms with E-state index in [1.807, 2.05) is 62.1 Å². The molecular formula is C22H29N3O2. The summed E-state index contributed by atoms with van der Waals surface area (Å²) >= 11 is 0. The molecule has 1 heterocycles. The smallest absolute Gasteiger partial charge is 0.410 e. The third-order valence-electron chi connectivity index (χ3n) is 4.96. The monoisotopic (exact) mass is 367 g/mol. The maximum atomic E-state index is 12.8. The number of hydrogen-bond donors (Lipinski definition) is 2. The van der Waals surface area contributed by atoms with Crippen molar-refractivity contribution >= 4 is 17.5 Å². The zero-order chi connectivity index (χ0) is 19.6. The molecule has 0 spiro atoms. The highest BCUT2D eigenvalue weighted by Gasteiger charge is 2.35. The Balaban J connectivity index is 1.87. The molecule has 1 saturated heterocycles. The van der Waals surface area contributed by atoms with Crippen molar-refractivity contribution in [1.82, 2.24) is 4.90 Å². The summed E-state index contributed by atoms with van der Waals surface area (Å²) in [6, 6.07) is 15.8. The summed E-state index contributed by atoms with van der Waals surface area (Å²) in [5.41, 5.74) is 15.0. The molecule has 144 valence electrons. The van der Waals surface area contributed by atoms with Gasteiger partial charge in [0.1, 0.15) is 5.60 Å². The van der Waals surface area contributed by atoms with Crippen LogP contribution in [0.15, 0.2) is 48.5 Å². The molecule has 1 fully saturated rings. The van der Waals surface area contributed by atoms with Crippen LogP contribution in [0.4, 0.5) is 16.2 Å². The first-order chi connectivity index (χ1) is 12.7. The fourth-order valence-corrected chi connectivity index (χ4v) is 3.61. The van der Waals surface area contributed by atoms with Crippen LogP contribution >= 0.6 is 0 Å². The van der Waals surface area contributed by atoms with Crippen molar-refractivity contribution in [1.29, 1.82) is 0 Å². The molecule has 3 rings (SSSR count). The Bertz CT molecular complexity index is 779. The number of piperidine rings is 1. The number of amides is 1. The van der Waals surface area contributed by atoms with Crippen molar-refractivity contribution in [3.8, 4) is 0 Å². The standard InChI is InChI=1S/C22H29N3O2/c1-22(2,3)27-21(26)25-13-12-17(15-4-8-18(23)9-5-15)14-20(25)16-6-10-19(24)11-7-16/h4-11,17,20H,12-14,23-24H2,1-3H3. The molecule has 0 radical (unpaired) electrons. The average Bonchev–Trinajstić information content (AvgIpc) is 2.61. The summed E-state index contributed by atoms with van der Waals surface area (Å²) in [6.07, 6.45) is 1.47. The molecule has 0 saturated carbocycles. The van der Waals surface area contributed by atoms with Crippen LogP contribution in [0.1, 0.15) is 56.7 Å². The van der Waals surface area contributed by atoms with E-state index < -0.39 is 5.60 Å². The second-order valence-corrected chi connectivity index (χ2v) is 8.24. The van der Waals surface area contributed by atoms with Crippen molar-refractivity contribution < 1.29 is 9.53 Å². The van der Waals surface area contributed by atoms with Gasteiger partial charge in [-0.25, -0.2) is 4.79 Å². The van der Waals surface area contributed by atoms with Gasteiger partial charge >= 0.3 is 6.09 Å². The van der Waals surface area contributed by atoms with E-state index in [-0.39, 0.29) is 12.1 Å². The Kier molecular flexibility index (Phi) is 5.31. The van der Waals surface area contributed by atoms with Gasteiger partial charge in [-0.1, -0.05) is 24.3 Å². The molecule has 5 nitrogen and oxygen atoms in total. The van der Waals surface area contributed by atoms with Crippen LogP contribution in [0.3, 0.4) is 0 Å². The summed E-state index contributed by atoms with van der Waals surface area (Å²) in [5, 5.41) is 0. The Morgan fingerprint density at radius 2 is 1.48 bits per heavy atom. The van der Waals surface area contributed by atoms with Gasteiger partial charge in [0.15, 0.2) is 0 Å². The predicted molar refractivity (Wildman–Crippen MR) is 109 cm³/mol. The lowest BCUT2D eigenvalue weighted by atomic mass is 9.83. The van der Waals surface area contributed by atoms with Gasteiger partial charge in [-0.3, -0.25) is 0 Å². The number of ether oxygens (including phenoxy) is 1. The first kappa shape index (κ1) is 19.1. The Hall–Kier alpha value is -2.69. The van der Waals surface area contributed by atoms with Crippen LogP contribution in [-0.2, 0) is 4.74 Å². The third kappa shape index (κ3) is 4.73.